The summed E-state index contributed by atoms with van der Waals surface area (Å²) in [7, 11) is 0. The molecule has 1 aliphatic heterocycles. The molecule has 0 aromatic carbocycles. The minimum atomic E-state index is -4.82. The predicted octanol–water partition coefficient (Wildman–Crippen LogP) is 2.66. The fraction of sp³-hybridized carbons (Fsp3) is 0.421. The van der Waals surface area contributed by atoms with Gasteiger partial charge in [0.2, 0.25) is 16.7 Å². The Bertz CT molecular complexity index is 1310. The van der Waals surface area contributed by atoms with Crippen LogP contribution in [-0.2, 0) is 23.7 Å². The van der Waals surface area contributed by atoms with Gasteiger partial charge in [0.1, 0.15) is 23.6 Å². The van der Waals surface area contributed by atoms with Crippen molar-refractivity contribution in [1.82, 2.24) is 34.6 Å². The highest BCUT2D eigenvalue weighted by Crippen LogP contribution is 2.43. The van der Waals surface area contributed by atoms with E-state index in [4.69, 9.17) is 5.11 Å². The number of alkyl halides is 6. The van der Waals surface area contributed by atoms with Gasteiger partial charge in [0.25, 0.3) is 5.82 Å². The van der Waals surface area contributed by atoms with E-state index in [-0.39, 0.29) is 42.4 Å². The van der Waals surface area contributed by atoms with Gasteiger partial charge in [0.05, 0.1) is 0 Å². The quantitative estimate of drug-likeness (QED) is 0.477. The number of hydrogen-bond acceptors (Lipinski definition) is 9. The van der Waals surface area contributed by atoms with Crippen molar-refractivity contribution in [3.63, 3.8) is 0 Å². The minimum absolute atomic E-state index is 0.0528. The second-order valence-corrected chi connectivity index (χ2v) is 8.89. The molecule has 3 aromatic rings. The lowest BCUT2D eigenvalue weighted by Gasteiger charge is -2.40. The summed E-state index contributed by atoms with van der Waals surface area (Å²) in [6, 6.07) is -0.489. The molecule has 4 heterocycles. The maximum absolute atomic E-state index is 13.4. The number of aromatic carboxylic acids is 1. The van der Waals surface area contributed by atoms with Gasteiger partial charge < -0.3 is 14.9 Å². The first-order valence-corrected chi connectivity index (χ1v) is 11.2. The average molecular weight is 550 g/mol. The van der Waals surface area contributed by atoms with Crippen molar-refractivity contribution in [3.05, 3.63) is 35.4 Å². The molecule has 0 unspecified atom stereocenters. The molecule has 198 valence electrons. The second-order valence-electron chi connectivity index (χ2n) is 7.92. The fourth-order valence-electron chi connectivity index (χ4n) is 3.64. The normalized spacial score (nSPS) is 16.8. The fourth-order valence-corrected chi connectivity index (χ4v) is 4.63. The molecule has 4 rings (SSSR count). The Hall–Kier alpha value is -3.83. The van der Waals surface area contributed by atoms with Crippen LogP contribution in [-0.4, -0.2) is 77.3 Å². The van der Waals surface area contributed by atoms with Crippen LogP contribution in [0.5, 0.6) is 0 Å². The topological polar surface area (TPSA) is 130 Å². The van der Waals surface area contributed by atoms with Crippen LogP contribution in [0.25, 0.3) is 11.3 Å². The van der Waals surface area contributed by atoms with E-state index in [1.807, 2.05) is 0 Å². The molecular formula is C19H16F6N8O3S. The van der Waals surface area contributed by atoms with Crippen molar-refractivity contribution >= 4 is 28.2 Å². The summed E-state index contributed by atoms with van der Waals surface area (Å²) in [6.45, 7) is 1.67. The lowest BCUT2D eigenvalue weighted by molar-refractivity contribution is -0.145. The van der Waals surface area contributed by atoms with Gasteiger partial charge >= 0.3 is 18.3 Å². The van der Waals surface area contributed by atoms with Gasteiger partial charge in [-0.15, -0.1) is 5.10 Å². The van der Waals surface area contributed by atoms with Crippen LogP contribution in [0, 0.1) is 0 Å². The molecule has 0 bridgehead atoms. The van der Waals surface area contributed by atoms with E-state index in [1.54, 1.807) is 11.8 Å². The zero-order valence-corrected chi connectivity index (χ0v) is 19.5. The van der Waals surface area contributed by atoms with Crippen molar-refractivity contribution < 1.29 is 41.0 Å². The molecule has 1 saturated heterocycles. The second kappa shape index (κ2) is 9.56. The van der Waals surface area contributed by atoms with Crippen molar-refractivity contribution in [2.45, 2.75) is 31.9 Å². The van der Waals surface area contributed by atoms with E-state index in [1.165, 1.54) is 4.90 Å². The number of anilines is 1. The zero-order valence-electron chi connectivity index (χ0n) is 18.7. The number of nitrogens with zero attached hydrogens (tertiary/aromatic N) is 8. The molecule has 0 spiro atoms. The summed E-state index contributed by atoms with van der Waals surface area (Å²) in [4.78, 5) is 40.3. The highest BCUT2D eigenvalue weighted by atomic mass is 32.1. The van der Waals surface area contributed by atoms with Crippen molar-refractivity contribution in [3.8, 4) is 11.3 Å². The summed E-state index contributed by atoms with van der Waals surface area (Å²) >= 11 is 0.328. The Labute approximate surface area is 207 Å². The molecule has 0 saturated carbocycles. The molecule has 0 radical (unpaired) electrons. The van der Waals surface area contributed by atoms with E-state index in [9.17, 15) is 35.9 Å². The van der Waals surface area contributed by atoms with Crippen molar-refractivity contribution in [2.75, 3.05) is 24.5 Å². The van der Waals surface area contributed by atoms with Gasteiger partial charge in [-0.25, -0.2) is 29.4 Å². The van der Waals surface area contributed by atoms with Crippen LogP contribution < -0.4 is 4.90 Å². The summed E-state index contributed by atoms with van der Waals surface area (Å²) in [5, 5.41) is 11.4. The number of halogens is 6. The van der Waals surface area contributed by atoms with Gasteiger partial charge in [-0.1, -0.05) is 11.3 Å². The highest BCUT2D eigenvalue weighted by molar-refractivity contribution is 7.16. The standard InChI is InChI=1S/C19H16F6N8O3S/c1-9-6-31(2-3-33(9)11(34)7-32-8-28-13(30-32)15(35)36)14-12(29-17(37-14)19(23,24)25)10-4-26-16(27-5-10)18(20,21)22/h4-5,8-9H,2-3,6-7H2,1H3,(H,35,36)/t9-/m1/s1. The Morgan fingerprint density at radius 1 is 1.08 bits per heavy atom. The van der Waals surface area contributed by atoms with Crippen molar-refractivity contribution in [2.24, 2.45) is 0 Å². The van der Waals surface area contributed by atoms with Gasteiger partial charge in [-0.3, -0.25) is 4.79 Å². The molecule has 0 aliphatic carbocycles. The van der Waals surface area contributed by atoms with E-state index in [2.05, 4.69) is 25.0 Å². The number of carboxylic acids is 1. The number of carbonyl (C=O) groups excluding carboxylic acids is 1. The molecule has 11 nitrogen and oxygen atoms in total. The molecule has 1 atom stereocenters. The third-order valence-corrected chi connectivity index (χ3v) is 6.45. The number of aromatic nitrogens is 6. The van der Waals surface area contributed by atoms with Crippen LogP contribution >= 0.6 is 11.3 Å². The third kappa shape index (κ3) is 5.62. The van der Waals surface area contributed by atoms with E-state index >= 15 is 0 Å². The van der Waals surface area contributed by atoms with Crippen molar-refractivity contribution in [1.29, 1.82) is 0 Å². The van der Waals surface area contributed by atoms with Crippen LogP contribution in [0.15, 0.2) is 18.7 Å². The maximum atomic E-state index is 13.4. The summed E-state index contributed by atoms with van der Waals surface area (Å²) < 4.78 is 79.8. The molecule has 1 N–H and O–H groups in total. The molecule has 18 heteroatoms. The Balaban J connectivity index is 1.55. The summed E-state index contributed by atoms with van der Waals surface area (Å²) in [5.41, 5.74) is -0.344. The first-order valence-electron chi connectivity index (χ1n) is 10.4. The Morgan fingerprint density at radius 2 is 1.76 bits per heavy atom. The lowest BCUT2D eigenvalue weighted by Crippen LogP contribution is -2.54. The van der Waals surface area contributed by atoms with E-state index in [0.717, 1.165) is 23.4 Å². The summed E-state index contributed by atoms with van der Waals surface area (Å²) in [6.07, 6.45) is -6.99. The van der Waals surface area contributed by atoms with Gasteiger partial charge in [0.15, 0.2) is 0 Å². The third-order valence-electron chi connectivity index (χ3n) is 5.29. The average Bonchev–Trinajstić information content (AvgIpc) is 3.46. The maximum Gasteiger partial charge on any atom is 0.451 e. The molecule has 3 aromatic heterocycles. The number of rotatable bonds is 5. The number of hydrogen-bond donors (Lipinski definition) is 1. The number of carbonyl (C=O) groups is 2. The first kappa shape index (κ1) is 26.2. The lowest BCUT2D eigenvalue weighted by atomic mass is 10.1. The number of amides is 1. The Kier molecular flexibility index (Phi) is 6.78. The monoisotopic (exact) mass is 550 g/mol. The van der Waals surface area contributed by atoms with Crippen LogP contribution in [0.3, 0.4) is 0 Å². The predicted molar refractivity (Wildman–Crippen MR) is 114 cm³/mol. The molecule has 1 fully saturated rings. The van der Waals surface area contributed by atoms with Crippen LogP contribution in [0.1, 0.15) is 28.4 Å². The molecule has 1 amide bonds. The minimum Gasteiger partial charge on any atom is -0.475 e. The summed E-state index contributed by atoms with van der Waals surface area (Å²) in [5.74, 6) is -3.68. The highest BCUT2D eigenvalue weighted by Gasteiger charge is 2.39. The van der Waals surface area contributed by atoms with Gasteiger partial charge in [-0.05, 0) is 6.92 Å². The van der Waals surface area contributed by atoms with Gasteiger partial charge in [0, 0.05) is 43.6 Å². The Morgan fingerprint density at radius 3 is 2.30 bits per heavy atom. The van der Waals surface area contributed by atoms with Gasteiger partial charge in [-0.2, -0.15) is 26.3 Å². The number of thiazole rings is 1. The number of carboxylic acid groups (broad SMARTS) is 1. The SMILES string of the molecule is C[C@@H]1CN(c2sc(C(F)(F)F)nc2-c2cnc(C(F)(F)F)nc2)CCN1C(=O)Cn1cnc(C(=O)O)n1. The molecule has 1 aliphatic rings. The smallest absolute Gasteiger partial charge is 0.451 e. The number of piperazine rings is 1. The van der Waals surface area contributed by atoms with Crippen LogP contribution in [0.4, 0.5) is 31.3 Å². The van der Waals surface area contributed by atoms with E-state index in [0.29, 0.717) is 11.3 Å². The zero-order chi connectivity index (χ0) is 27.1. The molecule has 37 heavy (non-hydrogen) atoms. The molecular weight excluding hydrogens is 534 g/mol. The largest absolute Gasteiger partial charge is 0.475 e. The van der Waals surface area contributed by atoms with Crippen LogP contribution in [0.2, 0.25) is 0 Å². The first-order chi connectivity index (χ1) is 17.2. The van der Waals surface area contributed by atoms with E-state index < -0.39 is 46.9 Å².